The SMILES string of the molecule is Cc1nn(C)c(COc2ccc(CCl)cc2[N+](=O)[O-])c1Cl. The number of rotatable bonds is 5. The van der Waals surface area contributed by atoms with Crippen molar-refractivity contribution in [1.29, 1.82) is 0 Å². The summed E-state index contributed by atoms with van der Waals surface area (Å²) in [6.45, 7) is 1.88. The molecule has 0 saturated carbocycles. The van der Waals surface area contributed by atoms with E-state index in [4.69, 9.17) is 27.9 Å². The number of aryl methyl sites for hydroxylation is 2. The summed E-state index contributed by atoms with van der Waals surface area (Å²) in [7, 11) is 1.74. The van der Waals surface area contributed by atoms with Gasteiger partial charge in [-0.05, 0) is 18.6 Å². The number of hydrogen-bond acceptors (Lipinski definition) is 4. The smallest absolute Gasteiger partial charge is 0.311 e. The Labute approximate surface area is 131 Å². The van der Waals surface area contributed by atoms with Crippen molar-refractivity contribution >= 4 is 28.9 Å². The van der Waals surface area contributed by atoms with E-state index in [1.54, 1.807) is 24.7 Å². The van der Waals surface area contributed by atoms with Crippen LogP contribution in [0.4, 0.5) is 5.69 Å². The van der Waals surface area contributed by atoms with Gasteiger partial charge in [-0.3, -0.25) is 14.8 Å². The summed E-state index contributed by atoms with van der Waals surface area (Å²) < 4.78 is 7.12. The molecule has 0 aliphatic carbocycles. The van der Waals surface area contributed by atoms with E-state index in [9.17, 15) is 10.1 Å². The number of ether oxygens (including phenoxy) is 1. The standard InChI is InChI=1S/C13H13Cl2N3O3/c1-8-13(15)11(17(2)16-8)7-21-12-4-3-9(6-14)5-10(12)18(19)20/h3-5H,6-7H2,1-2H3. The van der Waals surface area contributed by atoms with Crippen LogP contribution < -0.4 is 4.74 Å². The summed E-state index contributed by atoms with van der Waals surface area (Å²) in [5, 5.41) is 15.7. The van der Waals surface area contributed by atoms with E-state index in [1.165, 1.54) is 12.1 Å². The fraction of sp³-hybridized carbons (Fsp3) is 0.308. The number of nitro benzene ring substituents is 1. The molecule has 1 aromatic carbocycles. The Morgan fingerprint density at radius 2 is 2.19 bits per heavy atom. The topological polar surface area (TPSA) is 70.2 Å². The van der Waals surface area contributed by atoms with Crippen LogP contribution in [0.1, 0.15) is 17.0 Å². The maximum Gasteiger partial charge on any atom is 0.311 e. The van der Waals surface area contributed by atoms with Crippen molar-refractivity contribution in [3.05, 3.63) is 50.3 Å². The average Bonchev–Trinajstić information content (AvgIpc) is 2.70. The van der Waals surface area contributed by atoms with Gasteiger partial charge < -0.3 is 4.74 Å². The van der Waals surface area contributed by atoms with Crippen molar-refractivity contribution < 1.29 is 9.66 Å². The molecule has 0 fully saturated rings. The van der Waals surface area contributed by atoms with Crippen molar-refractivity contribution in [2.45, 2.75) is 19.4 Å². The van der Waals surface area contributed by atoms with Crippen LogP contribution in [0.5, 0.6) is 5.75 Å². The zero-order chi connectivity index (χ0) is 15.6. The Bertz CT molecular complexity index is 686. The van der Waals surface area contributed by atoms with Crippen LogP contribution in [0.15, 0.2) is 18.2 Å². The van der Waals surface area contributed by atoms with E-state index < -0.39 is 4.92 Å². The quantitative estimate of drug-likeness (QED) is 0.477. The number of nitrogens with zero attached hydrogens (tertiary/aromatic N) is 3. The van der Waals surface area contributed by atoms with Crippen LogP contribution >= 0.6 is 23.2 Å². The van der Waals surface area contributed by atoms with Crippen molar-refractivity contribution in [3.63, 3.8) is 0 Å². The molecule has 0 radical (unpaired) electrons. The van der Waals surface area contributed by atoms with Gasteiger partial charge in [0.25, 0.3) is 0 Å². The van der Waals surface area contributed by atoms with Crippen molar-refractivity contribution in [2.24, 2.45) is 7.05 Å². The number of aromatic nitrogens is 2. The van der Waals surface area contributed by atoms with Gasteiger partial charge in [0.2, 0.25) is 0 Å². The second-order valence-electron chi connectivity index (χ2n) is 4.45. The lowest BCUT2D eigenvalue weighted by atomic mass is 10.2. The van der Waals surface area contributed by atoms with Crippen LogP contribution in [0.25, 0.3) is 0 Å². The Balaban J connectivity index is 2.25. The monoisotopic (exact) mass is 329 g/mol. The summed E-state index contributed by atoms with van der Waals surface area (Å²) in [5.74, 6) is 0.372. The Morgan fingerprint density at radius 1 is 1.48 bits per heavy atom. The average molecular weight is 330 g/mol. The number of hydrogen-bond donors (Lipinski definition) is 0. The highest BCUT2D eigenvalue weighted by atomic mass is 35.5. The third-order valence-electron chi connectivity index (χ3n) is 3.00. The molecular weight excluding hydrogens is 317 g/mol. The molecule has 112 valence electrons. The second-order valence-corrected chi connectivity index (χ2v) is 5.10. The molecule has 0 atom stereocenters. The summed E-state index contributed by atoms with van der Waals surface area (Å²) >= 11 is 11.8. The summed E-state index contributed by atoms with van der Waals surface area (Å²) in [6.07, 6.45) is 0. The minimum Gasteiger partial charge on any atom is -0.480 e. The van der Waals surface area contributed by atoms with Gasteiger partial charge in [-0.25, -0.2) is 0 Å². The molecule has 2 aromatic rings. The van der Waals surface area contributed by atoms with Gasteiger partial charge >= 0.3 is 5.69 Å². The fourth-order valence-corrected chi connectivity index (χ4v) is 2.27. The Kier molecular flexibility index (Phi) is 4.69. The highest BCUT2D eigenvalue weighted by molar-refractivity contribution is 6.31. The fourth-order valence-electron chi connectivity index (χ4n) is 1.89. The zero-order valence-corrected chi connectivity index (χ0v) is 13.0. The molecule has 0 unspecified atom stereocenters. The highest BCUT2D eigenvalue weighted by Gasteiger charge is 2.18. The number of benzene rings is 1. The molecule has 0 spiro atoms. The summed E-state index contributed by atoms with van der Waals surface area (Å²) in [6, 6.07) is 4.62. The van der Waals surface area contributed by atoms with E-state index >= 15 is 0 Å². The second kappa shape index (κ2) is 6.32. The molecule has 1 aromatic heterocycles. The van der Waals surface area contributed by atoms with Crippen molar-refractivity contribution in [3.8, 4) is 5.75 Å². The zero-order valence-electron chi connectivity index (χ0n) is 11.5. The van der Waals surface area contributed by atoms with Gasteiger partial charge in [0.05, 0.1) is 21.3 Å². The minimum atomic E-state index is -0.499. The first-order valence-electron chi connectivity index (χ1n) is 6.08. The molecule has 2 rings (SSSR count). The molecule has 0 amide bonds. The highest BCUT2D eigenvalue weighted by Crippen LogP contribution is 2.30. The molecule has 1 heterocycles. The molecule has 8 heteroatoms. The lowest BCUT2D eigenvalue weighted by Gasteiger charge is -2.08. The van der Waals surface area contributed by atoms with Crippen molar-refractivity contribution in [1.82, 2.24) is 9.78 Å². The van der Waals surface area contributed by atoms with Crippen molar-refractivity contribution in [2.75, 3.05) is 0 Å². The normalized spacial score (nSPS) is 10.7. The van der Waals surface area contributed by atoms with E-state index in [1.807, 2.05) is 0 Å². The minimum absolute atomic E-state index is 0.0945. The first kappa shape index (κ1) is 15.6. The van der Waals surface area contributed by atoms with Gasteiger partial charge in [0.1, 0.15) is 6.61 Å². The first-order valence-corrected chi connectivity index (χ1v) is 6.99. The molecule has 0 saturated heterocycles. The molecular formula is C13H13Cl2N3O3. The maximum atomic E-state index is 11.1. The van der Waals surface area contributed by atoms with Crippen LogP contribution in [0, 0.1) is 17.0 Å². The van der Waals surface area contributed by atoms with E-state index in [0.29, 0.717) is 22.0 Å². The predicted octanol–water partition coefficient (Wildman–Crippen LogP) is 3.61. The third kappa shape index (κ3) is 3.28. The Hall–Kier alpha value is -1.79. The maximum absolute atomic E-state index is 11.1. The first-order chi connectivity index (χ1) is 9.93. The summed E-state index contributed by atoms with van der Waals surface area (Å²) in [4.78, 5) is 10.6. The van der Waals surface area contributed by atoms with Gasteiger partial charge in [0.15, 0.2) is 5.75 Å². The van der Waals surface area contributed by atoms with Crippen LogP contribution in [0.3, 0.4) is 0 Å². The van der Waals surface area contributed by atoms with Crippen LogP contribution in [-0.2, 0) is 19.5 Å². The number of alkyl halides is 1. The van der Waals surface area contributed by atoms with Gasteiger partial charge in [0, 0.05) is 19.0 Å². The molecule has 6 nitrogen and oxygen atoms in total. The van der Waals surface area contributed by atoms with E-state index in [0.717, 1.165) is 0 Å². The number of nitro groups is 1. The van der Waals surface area contributed by atoms with Gasteiger partial charge in [-0.1, -0.05) is 17.7 Å². The van der Waals surface area contributed by atoms with E-state index in [-0.39, 0.29) is 23.9 Å². The van der Waals surface area contributed by atoms with Gasteiger partial charge in [-0.15, -0.1) is 11.6 Å². The largest absolute Gasteiger partial charge is 0.480 e. The predicted molar refractivity (Wildman–Crippen MR) is 79.9 cm³/mol. The lowest BCUT2D eigenvalue weighted by molar-refractivity contribution is -0.386. The molecule has 21 heavy (non-hydrogen) atoms. The molecule has 0 aliphatic heterocycles. The van der Waals surface area contributed by atoms with Crippen LogP contribution in [-0.4, -0.2) is 14.7 Å². The molecule has 0 aliphatic rings. The Morgan fingerprint density at radius 3 is 2.71 bits per heavy atom. The van der Waals surface area contributed by atoms with E-state index in [2.05, 4.69) is 5.10 Å². The van der Waals surface area contributed by atoms with Gasteiger partial charge in [-0.2, -0.15) is 5.10 Å². The molecule has 0 bridgehead atoms. The lowest BCUT2D eigenvalue weighted by Crippen LogP contribution is -2.05. The molecule has 0 N–H and O–H groups in total. The summed E-state index contributed by atoms with van der Waals surface area (Å²) in [5.41, 5.74) is 1.88. The third-order valence-corrected chi connectivity index (χ3v) is 3.80. The van der Waals surface area contributed by atoms with Crippen LogP contribution in [0.2, 0.25) is 5.02 Å². The number of halogens is 2.